The Morgan fingerprint density at radius 2 is 0.860 bits per heavy atom. The number of rotatable bonds is 7. The summed E-state index contributed by atoms with van der Waals surface area (Å²) in [5, 5.41) is 4.43. The minimum Gasteiger partial charge on any atom is -0.456 e. The Morgan fingerprint density at radius 3 is 1.51 bits per heavy atom. The lowest BCUT2D eigenvalue weighted by molar-refractivity contribution is 0.622. The molecular formula is C53H34N2O2. The Hall–Kier alpha value is -7.69. The SMILES string of the molecule is c1ccc(-c2ccc(N(c3ccc(-c4ccc5ccccc5c4)cc3)c3ccc(-c4ccc5c(c4)oc4ccc6nc(-c7ccccc7)oc6c45)cc3)cc2)cc1. The Morgan fingerprint density at radius 1 is 0.351 bits per heavy atom. The van der Waals surface area contributed by atoms with E-state index in [-0.39, 0.29) is 0 Å². The van der Waals surface area contributed by atoms with Crippen LogP contribution in [0.2, 0.25) is 0 Å². The van der Waals surface area contributed by atoms with Gasteiger partial charge in [-0.25, -0.2) is 4.98 Å². The highest BCUT2D eigenvalue weighted by Crippen LogP contribution is 2.40. The van der Waals surface area contributed by atoms with Gasteiger partial charge in [0.25, 0.3) is 0 Å². The van der Waals surface area contributed by atoms with E-state index in [4.69, 9.17) is 13.8 Å². The number of nitrogens with zero attached hydrogens (tertiary/aromatic N) is 2. The third kappa shape index (κ3) is 5.92. The van der Waals surface area contributed by atoms with E-state index in [9.17, 15) is 0 Å². The van der Waals surface area contributed by atoms with Crippen molar-refractivity contribution in [3.8, 4) is 44.8 Å². The summed E-state index contributed by atoms with van der Waals surface area (Å²) in [6.45, 7) is 0. The van der Waals surface area contributed by atoms with Gasteiger partial charge in [0.05, 0.1) is 5.39 Å². The average molecular weight is 731 g/mol. The Labute approximate surface area is 329 Å². The minimum absolute atomic E-state index is 0.603. The van der Waals surface area contributed by atoms with Gasteiger partial charge < -0.3 is 13.7 Å². The summed E-state index contributed by atoms with van der Waals surface area (Å²) in [6.07, 6.45) is 0. The number of fused-ring (bicyclic) bond motifs is 6. The van der Waals surface area contributed by atoms with Crippen LogP contribution in [-0.2, 0) is 0 Å². The standard InChI is InChI=1S/C53H34N2O2/c1-3-9-35(10-4-1)37-17-24-44(25-18-37)55(45-26-19-38(20-27-45)42-16-15-36-11-7-8-14-41(36)33-42)46-28-21-39(22-29-46)43-23-30-47-50(34-43)56-49-32-31-48-52(51(47)49)57-53(54-48)40-12-5-2-6-13-40/h1-34H. The van der Waals surface area contributed by atoms with Crippen LogP contribution in [0.5, 0.6) is 0 Å². The van der Waals surface area contributed by atoms with Gasteiger partial charge in [-0.05, 0) is 123 Å². The highest BCUT2D eigenvalue weighted by molar-refractivity contribution is 6.16. The zero-order chi connectivity index (χ0) is 37.7. The summed E-state index contributed by atoms with van der Waals surface area (Å²) in [6, 6.07) is 72.5. The van der Waals surface area contributed by atoms with Crippen LogP contribution in [0.1, 0.15) is 0 Å². The summed E-state index contributed by atoms with van der Waals surface area (Å²) in [4.78, 5) is 7.10. The van der Waals surface area contributed by atoms with E-state index in [1.165, 1.54) is 33.0 Å². The van der Waals surface area contributed by atoms with E-state index in [1.807, 2.05) is 42.5 Å². The highest BCUT2D eigenvalue weighted by Gasteiger charge is 2.18. The lowest BCUT2D eigenvalue weighted by Crippen LogP contribution is -2.09. The second kappa shape index (κ2) is 13.6. The van der Waals surface area contributed by atoms with E-state index in [2.05, 4.69) is 169 Å². The summed E-state index contributed by atoms with van der Waals surface area (Å²) in [5.74, 6) is 0.603. The fourth-order valence-electron chi connectivity index (χ4n) is 7.99. The largest absolute Gasteiger partial charge is 0.456 e. The quantitative estimate of drug-likeness (QED) is 0.164. The highest BCUT2D eigenvalue weighted by atomic mass is 16.4. The smallest absolute Gasteiger partial charge is 0.227 e. The van der Waals surface area contributed by atoms with Crippen molar-refractivity contribution in [3.05, 3.63) is 206 Å². The maximum Gasteiger partial charge on any atom is 0.227 e. The summed E-state index contributed by atoms with van der Waals surface area (Å²) >= 11 is 0. The lowest BCUT2D eigenvalue weighted by atomic mass is 10.0. The van der Waals surface area contributed by atoms with E-state index in [0.717, 1.165) is 66.8 Å². The monoisotopic (exact) mass is 730 g/mol. The molecule has 268 valence electrons. The molecule has 4 heteroatoms. The number of hydrogen-bond donors (Lipinski definition) is 0. The second-order valence-corrected chi connectivity index (χ2v) is 14.4. The van der Waals surface area contributed by atoms with Crippen LogP contribution >= 0.6 is 0 Å². The average Bonchev–Trinajstić information content (AvgIpc) is 3.89. The van der Waals surface area contributed by atoms with Crippen LogP contribution in [-0.4, -0.2) is 4.98 Å². The van der Waals surface area contributed by atoms with Gasteiger partial charge in [-0.15, -0.1) is 0 Å². The second-order valence-electron chi connectivity index (χ2n) is 14.4. The maximum absolute atomic E-state index is 6.42. The van der Waals surface area contributed by atoms with E-state index in [0.29, 0.717) is 5.89 Å². The molecule has 4 nitrogen and oxygen atoms in total. The molecule has 0 saturated carbocycles. The molecule has 0 atom stereocenters. The molecule has 0 bridgehead atoms. The molecule has 0 spiro atoms. The van der Waals surface area contributed by atoms with E-state index in [1.54, 1.807) is 0 Å². The fourth-order valence-corrected chi connectivity index (χ4v) is 7.99. The van der Waals surface area contributed by atoms with Crippen LogP contribution in [0.15, 0.2) is 215 Å². The van der Waals surface area contributed by atoms with Crippen LogP contribution < -0.4 is 4.90 Å². The first kappa shape index (κ1) is 32.7. The summed E-state index contributed by atoms with van der Waals surface area (Å²) < 4.78 is 12.8. The summed E-state index contributed by atoms with van der Waals surface area (Å²) in [5.41, 5.74) is 14.3. The number of oxazole rings is 1. The number of benzene rings is 9. The van der Waals surface area contributed by atoms with Gasteiger partial charge in [-0.1, -0.05) is 127 Å². The molecule has 0 aliphatic rings. The van der Waals surface area contributed by atoms with Gasteiger partial charge in [0.2, 0.25) is 5.89 Å². The number of aromatic nitrogens is 1. The molecule has 0 aliphatic carbocycles. The van der Waals surface area contributed by atoms with Crippen molar-refractivity contribution in [3.63, 3.8) is 0 Å². The van der Waals surface area contributed by atoms with E-state index >= 15 is 0 Å². The van der Waals surface area contributed by atoms with Gasteiger partial charge in [0.1, 0.15) is 16.7 Å². The van der Waals surface area contributed by atoms with Crippen LogP contribution in [0.4, 0.5) is 17.1 Å². The van der Waals surface area contributed by atoms with Gasteiger partial charge in [-0.2, -0.15) is 0 Å². The molecule has 2 aromatic heterocycles. The van der Waals surface area contributed by atoms with Gasteiger partial charge >= 0.3 is 0 Å². The van der Waals surface area contributed by atoms with Crippen LogP contribution in [0.3, 0.4) is 0 Å². The zero-order valence-electron chi connectivity index (χ0n) is 30.8. The Kier molecular flexibility index (Phi) is 7.78. The molecule has 0 radical (unpaired) electrons. The molecular weight excluding hydrogens is 697 g/mol. The molecule has 11 aromatic rings. The first-order valence-electron chi connectivity index (χ1n) is 19.2. The van der Waals surface area contributed by atoms with Crippen molar-refractivity contribution < 1.29 is 8.83 Å². The van der Waals surface area contributed by atoms with Crippen LogP contribution in [0.25, 0.3) is 88.6 Å². The van der Waals surface area contributed by atoms with Crippen molar-refractivity contribution in [1.29, 1.82) is 0 Å². The maximum atomic E-state index is 6.42. The van der Waals surface area contributed by atoms with Gasteiger partial charge in [0, 0.05) is 28.0 Å². The minimum atomic E-state index is 0.603. The van der Waals surface area contributed by atoms with Crippen molar-refractivity contribution in [2.75, 3.05) is 4.90 Å². The van der Waals surface area contributed by atoms with Crippen molar-refractivity contribution in [2.24, 2.45) is 0 Å². The third-order valence-corrected chi connectivity index (χ3v) is 10.9. The normalized spacial score (nSPS) is 11.5. The van der Waals surface area contributed by atoms with Crippen molar-refractivity contribution in [1.82, 2.24) is 4.98 Å². The first-order chi connectivity index (χ1) is 28.2. The Bertz CT molecular complexity index is 3200. The van der Waals surface area contributed by atoms with Crippen molar-refractivity contribution in [2.45, 2.75) is 0 Å². The first-order valence-corrected chi connectivity index (χ1v) is 19.2. The molecule has 11 rings (SSSR count). The molecule has 57 heavy (non-hydrogen) atoms. The molecule has 0 N–H and O–H groups in total. The fraction of sp³-hybridized carbons (Fsp3) is 0. The Balaban J connectivity index is 0.945. The zero-order valence-corrected chi connectivity index (χ0v) is 30.8. The third-order valence-electron chi connectivity index (χ3n) is 10.9. The predicted molar refractivity (Wildman–Crippen MR) is 235 cm³/mol. The summed E-state index contributed by atoms with van der Waals surface area (Å²) in [7, 11) is 0. The molecule has 2 heterocycles. The van der Waals surface area contributed by atoms with Gasteiger partial charge in [-0.3, -0.25) is 0 Å². The molecule has 0 fully saturated rings. The van der Waals surface area contributed by atoms with Crippen molar-refractivity contribution >= 4 is 60.9 Å². The molecule has 9 aromatic carbocycles. The predicted octanol–water partition coefficient (Wildman–Crippen LogP) is 15.0. The van der Waals surface area contributed by atoms with Gasteiger partial charge in [0.15, 0.2) is 5.58 Å². The number of hydrogen-bond acceptors (Lipinski definition) is 4. The number of anilines is 3. The molecule has 0 aliphatic heterocycles. The lowest BCUT2D eigenvalue weighted by Gasteiger charge is -2.26. The topological polar surface area (TPSA) is 42.4 Å². The molecule has 0 unspecified atom stereocenters. The van der Waals surface area contributed by atoms with E-state index < -0.39 is 0 Å². The number of furan rings is 1. The van der Waals surface area contributed by atoms with Crippen LogP contribution in [0, 0.1) is 0 Å². The molecule has 0 amide bonds. The molecule has 0 saturated heterocycles.